The lowest BCUT2D eigenvalue weighted by Gasteiger charge is -2.18. The zero-order valence-corrected chi connectivity index (χ0v) is 11.7. The van der Waals surface area contributed by atoms with E-state index in [1.807, 2.05) is 0 Å². The van der Waals surface area contributed by atoms with Gasteiger partial charge in [-0.3, -0.25) is 0 Å². The van der Waals surface area contributed by atoms with Crippen LogP contribution in [0, 0.1) is 0 Å². The van der Waals surface area contributed by atoms with Crippen LogP contribution >= 0.6 is 0 Å². The second kappa shape index (κ2) is 7.14. The van der Waals surface area contributed by atoms with Crippen LogP contribution in [-0.4, -0.2) is 16.4 Å². The molecule has 0 aliphatic heterocycles. The van der Waals surface area contributed by atoms with Crippen LogP contribution < -0.4 is 0 Å². The maximum Gasteiger partial charge on any atom is 0.226 e. The van der Waals surface area contributed by atoms with Crippen molar-refractivity contribution in [1.29, 1.82) is 0 Å². The summed E-state index contributed by atoms with van der Waals surface area (Å²) in [6.45, 7) is 2.89. The third-order valence-corrected chi connectivity index (χ3v) is 3.55. The molecule has 0 fully saturated rings. The van der Waals surface area contributed by atoms with Crippen LogP contribution in [0.1, 0.15) is 23.5 Å². The largest absolute Gasteiger partial charge is 0.418 e. The molecule has 2 radical (unpaired) electrons. The lowest BCUT2D eigenvalue weighted by Crippen LogP contribution is -2.06. The van der Waals surface area contributed by atoms with E-state index in [2.05, 4.69) is 67.2 Å². The summed E-state index contributed by atoms with van der Waals surface area (Å²) in [5, 5.41) is 0. The van der Waals surface area contributed by atoms with E-state index in [4.69, 9.17) is 4.43 Å². The fourth-order valence-corrected chi connectivity index (χ4v) is 2.50. The van der Waals surface area contributed by atoms with E-state index in [1.165, 1.54) is 11.1 Å². The molecule has 18 heavy (non-hydrogen) atoms. The standard InChI is InChI=1S/C16H18OSi/c1-18-17-13-12-16(14-8-4-2-5-9-14)15-10-6-3-7-11-15/h2-11,16H,12-13H2,1H3. The Morgan fingerprint density at radius 1 is 0.889 bits per heavy atom. The lowest BCUT2D eigenvalue weighted by molar-refractivity contribution is 0.323. The van der Waals surface area contributed by atoms with E-state index in [0.717, 1.165) is 13.0 Å². The molecule has 0 aromatic heterocycles. The molecule has 92 valence electrons. The average Bonchev–Trinajstić information content (AvgIpc) is 2.46. The van der Waals surface area contributed by atoms with Crippen molar-refractivity contribution in [2.45, 2.75) is 18.9 Å². The van der Waals surface area contributed by atoms with Crippen LogP contribution in [0.5, 0.6) is 0 Å². The molecule has 0 saturated carbocycles. The van der Waals surface area contributed by atoms with E-state index in [0.29, 0.717) is 15.7 Å². The van der Waals surface area contributed by atoms with Gasteiger partial charge in [-0.15, -0.1) is 0 Å². The number of hydrogen-bond acceptors (Lipinski definition) is 1. The molecule has 0 spiro atoms. The van der Waals surface area contributed by atoms with Gasteiger partial charge in [-0.25, -0.2) is 0 Å². The molecule has 0 N–H and O–H groups in total. The van der Waals surface area contributed by atoms with Crippen molar-refractivity contribution in [1.82, 2.24) is 0 Å². The fraction of sp³-hybridized carbons (Fsp3) is 0.250. The third-order valence-electron chi connectivity index (χ3n) is 3.06. The Labute approximate surface area is 112 Å². The van der Waals surface area contributed by atoms with Gasteiger partial charge in [0.2, 0.25) is 9.76 Å². The van der Waals surface area contributed by atoms with Gasteiger partial charge in [-0.2, -0.15) is 0 Å². The normalized spacial score (nSPS) is 10.8. The third kappa shape index (κ3) is 3.55. The molecule has 2 rings (SSSR count). The van der Waals surface area contributed by atoms with Crippen molar-refractivity contribution in [3.8, 4) is 0 Å². The highest BCUT2D eigenvalue weighted by atomic mass is 28.2. The first-order valence-corrected chi connectivity index (χ1v) is 7.71. The molecule has 0 unspecified atom stereocenters. The Hall–Kier alpha value is -1.38. The average molecular weight is 254 g/mol. The first-order valence-electron chi connectivity index (χ1n) is 6.30. The van der Waals surface area contributed by atoms with Crippen LogP contribution in [0.4, 0.5) is 0 Å². The van der Waals surface area contributed by atoms with Crippen LogP contribution in [0.2, 0.25) is 6.55 Å². The van der Waals surface area contributed by atoms with Gasteiger partial charge in [0.05, 0.1) is 0 Å². The van der Waals surface area contributed by atoms with Gasteiger partial charge >= 0.3 is 0 Å². The van der Waals surface area contributed by atoms with Crippen molar-refractivity contribution in [2.75, 3.05) is 6.61 Å². The van der Waals surface area contributed by atoms with Gasteiger partial charge in [0.25, 0.3) is 0 Å². The minimum atomic E-state index is 0.434. The summed E-state index contributed by atoms with van der Waals surface area (Å²) in [6, 6.07) is 21.4. The quantitative estimate of drug-likeness (QED) is 0.561. The highest BCUT2D eigenvalue weighted by Crippen LogP contribution is 2.27. The van der Waals surface area contributed by atoms with Gasteiger partial charge in [0.1, 0.15) is 0 Å². The summed E-state index contributed by atoms with van der Waals surface area (Å²) in [4.78, 5) is 0. The summed E-state index contributed by atoms with van der Waals surface area (Å²) < 4.78 is 5.53. The molecule has 0 saturated heterocycles. The highest BCUT2D eigenvalue weighted by Gasteiger charge is 2.13. The molecule has 0 atom stereocenters. The molecule has 1 nitrogen and oxygen atoms in total. The van der Waals surface area contributed by atoms with Crippen molar-refractivity contribution < 1.29 is 4.43 Å². The second-order valence-electron chi connectivity index (χ2n) is 4.22. The van der Waals surface area contributed by atoms with Crippen molar-refractivity contribution in [2.24, 2.45) is 0 Å². The Morgan fingerprint density at radius 3 is 1.83 bits per heavy atom. The van der Waals surface area contributed by atoms with E-state index in [9.17, 15) is 0 Å². The minimum Gasteiger partial charge on any atom is -0.418 e. The van der Waals surface area contributed by atoms with Crippen LogP contribution in [0.25, 0.3) is 0 Å². The zero-order valence-electron chi connectivity index (χ0n) is 10.7. The smallest absolute Gasteiger partial charge is 0.226 e. The summed E-state index contributed by atoms with van der Waals surface area (Å²) in [7, 11) is 0.573. The topological polar surface area (TPSA) is 9.23 Å². The predicted octanol–water partition coefficient (Wildman–Crippen LogP) is 3.89. The van der Waals surface area contributed by atoms with Gasteiger partial charge in [-0.05, 0) is 24.1 Å². The molecule has 2 aromatic carbocycles. The fourth-order valence-electron chi connectivity index (χ4n) is 2.18. The van der Waals surface area contributed by atoms with Gasteiger partial charge in [-0.1, -0.05) is 60.7 Å². The first kappa shape index (κ1) is 13.1. The summed E-state index contributed by atoms with van der Waals surface area (Å²) in [5.74, 6) is 0.434. The molecule has 0 amide bonds. The summed E-state index contributed by atoms with van der Waals surface area (Å²) >= 11 is 0. The summed E-state index contributed by atoms with van der Waals surface area (Å²) in [6.07, 6.45) is 1.04. The molecule has 2 heteroatoms. The lowest BCUT2D eigenvalue weighted by atomic mass is 9.89. The molecule has 0 bridgehead atoms. The van der Waals surface area contributed by atoms with Gasteiger partial charge in [0, 0.05) is 12.5 Å². The molecule has 0 aliphatic rings. The van der Waals surface area contributed by atoms with Crippen molar-refractivity contribution >= 4 is 9.76 Å². The predicted molar refractivity (Wildman–Crippen MR) is 76.9 cm³/mol. The van der Waals surface area contributed by atoms with Crippen LogP contribution in [0.15, 0.2) is 60.7 Å². The van der Waals surface area contributed by atoms with E-state index in [1.54, 1.807) is 0 Å². The van der Waals surface area contributed by atoms with Gasteiger partial charge < -0.3 is 4.43 Å². The zero-order chi connectivity index (χ0) is 12.6. The van der Waals surface area contributed by atoms with E-state index < -0.39 is 0 Å². The molecule has 0 heterocycles. The second-order valence-corrected chi connectivity index (χ2v) is 4.91. The maximum atomic E-state index is 5.53. The molecular formula is C16H18OSi. The first-order chi connectivity index (χ1) is 8.92. The Bertz CT molecular complexity index is 402. The Kier molecular flexibility index (Phi) is 5.18. The monoisotopic (exact) mass is 254 g/mol. The highest BCUT2D eigenvalue weighted by molar-refractivity contribution is 6.24. The Balaban J connectivity index is 2.18. The van der Waals surface area contributed by atoms with Gasteiger partial charge in [0.15, 0.2) is 0 Å². The Morgan fingerprint density at radius 2 is 1.39 bits per heavy atom. The van der Waals surface area contributed by atoms with Crippen molar-refractivity contribution in [3.63, 3.8) is 0 Å². The maximum absolute atomic E-state index is 5.53. The SMILES string of the molecule is C[Si]OCCC(c1ccccc1)c1ccccc1. The number of rotatable bonds is 6. The van der Waals surface area contributed by atoms with Crippen LogP contribution in [-0.2, 0) is 4.43 Å². The molecule has 0 aliphatic carbocycles. The summed E-state index contributed by atoms with van der Waals surface area (Å²) in [5.41, 5.74) is 2.73. The number of hydrogen-bond donors (Lipinski definition) is 0. The van der Waals surface area contributed by atoms with E-state index >= 15 is 0 Å². The minimum absolute atomic E-state index is 0.434. The number of benzene rings is 2. The molecular weight excluding hydrogens is 236 g/mol. The van der Waals surface area contributed by atoms with Crippen molar-refractivity contribution in [3.05, 3.63) is 71.8 Å². The molecule has 2 aromatic rings. The van der Waals surface area contributed by atoms with Crippen LogP contribution in [0.3, 0.4) is 0 Å². The van der Waals surface area contributed by atoms with E-state index in [-0.39, 0.29) is 0 Å².